The van der Waals surface area contributed by atoms with Crippen LogP contribution in [0.5, 0.6) is 5.75 Å². The molecule has 1 amide bonds. The van der Waals surface area contributed by atoms with E-state index in [9.17, 15) is 4.79 Å². The Morgan fingerprint density at radius 1 is 1.33 bits per heavy atom. The van der Waals surface area contributed by atoms with Crippen molar-refractivity contribution in [2.45, 2.75) is 27.7 Å². The van der Waals surface area contributed by atoms with Gasteiger partial charge in [0.05, 0.1) is 6.61 Å². The quantitative estimate of drug-likeness (QED) is 0.807. The van der Waals surface area contributed by atoms with E-state index in [2.05, 4.69) is 26.1 Å². The maximum Gasteiger partial charge on any atom is 0.251 e. The zero-order chi connectivity index (χ0) is 13.8. The molecule has 0 aromatic heterocycles. The zero-order valence-electron chi connectivity index (χ0n) is 11.5. The molecule has 100 valence electrons. The van der Waals surface area contributed by atoms with Crippen LogP contribution in [-0.4, -0.2) is 19.1 Å². The predicted molar refractivity (Wildman–Crippen MR) is 73.8 cm³/mol. The fourth-order valence-corrected chi connectivity index (χ4v) is 1.45. The monoisotopic (exact) mass is 250 g/mol. The minimum absolute atomic E-state index is 0.0543. The summed E-state index contributed by atoms with van der Waals surface area (Å²) in [7, 11) is 0. The number of nitrogen functional groups attached to an aromatic ring is 1. The first-order valence-corrected chi connectivity index (χ1v) is 6.13. The van der Waals surface area contributed by atoms with E-state index in [4.69, 9.17) is 10.5 Å². The SMILES string of the molecule is CCOc1cc(N)cc(C(=O)NCC(C)(C)C)c1. The summed E-state index contributed by atoms with van der Waals surface area (Å²) >= 11 is 0. The fraction of sp³-hybridized carbons (Fsp3) is 0.500. The molecule has 0 saturated carbocycles. The summed E-state index contributed by atoms with van der Waals surface area (Å²) in [6.07, 6.45) is 0. The molecule has 0 spiro atoms. The molecule has 0 aliphatic rings. The van der Waals surface area contributed by atoms with E-state index < -0.39 is 0 Å². The summed E-state index contributed by atoms with van der Waals surface area (Å²) in [5.74, 6) is 0.497. The Hall–Kier alpha value is -1.71. The Bertz CT molecular complexity index is 422. The normalized spacial score (nSPS) is 11.1. The van der Waals surface area contributed by atoms with Crippen molar-refractivity contribution in [3.63, 3.8) is 0 Å². The molecular weight excluding hydrogens is 228 g/mol. The van der Waals surface area contributed by atoms with Gasteiger partial charge in [-0.2, -0.15) is 0 Å². The summed E-state index contributed by atoms with van der Waals surface area (Å²) in [5, 5.41) is 2.89. The highest BCUT2D eigenvalue weighted by atomic mass is 16.5. The molecule has 0 aliphatic heterocycles. The van der Waals surface area contributed by atoms with Crippen molar-refractivity contribution in [1.82, 2.24) is 5.32 Å². The molecule has 1 aromatic rings. The first-order chi connectivity index (χ1) is 8.31. The lowest BCUT2D eigenvalue weighted by Gasteiger charge is -2.19. The van der Waals surface area contributed by atoms with Gasteiger partial charge < -0.3 is 15.8 Å². The van der Waals surface area contributed by atoms with Gasteiger partial charge in [0.2, 0.25) is 0 Å². The molecular formula is C14H22N2O2. The van der Waals surface area contributed by atoms with Crippen LogP contribution < -0.4 is 15.8 Å². The molecule has 4 heteroatoms. The van der Waals surface area contributed by atoms with E-state index in [0.717, 1.165) is 0 Å². The van der Waals surface area contributed by atoms with E-state index in [1.807, 2.05) is 6.92 Å². The third-order valence-electron chi connectivity index (χ3n) is 2.28. The molecule has 0 aliphatic carbocycles. The number of amides is 1. The van der Waals surface area contributed by atoms with Crippen LogP contribution >= 0.6 is 0 Å². The largest absolute Gasteiger partial charge is 0.494 e. The maximum atomic E-state index is 12.0. The van der Waals surface area contributed by atoms with Gasteiger partial charge in [0, 0.05) is 23.9 Å². The minimum atomic E-state index is -0.127. The third kappa shape index (κ3) is 4.65. The number of carbonyl (C=O) groups excluding carboxylic acids is 1. The molecule has 0 bridgehead atoms. The van der Waals surface area contributed by atoms with Gasteiger partial charge in [-0.05, 0) is 24.5 Å². The highest BCUT2D eigenvalue weighted by molar-refractivity contribution is 5.95. The third-order valence-corrected chi connectivity index (χ3v) is 2.28. The van der Waals surface area contributed by atoms with E-state index in [0.29, 0.717) is 30.2 Å². The fourth-order valence-electron chi connectivity index (χ4n) is 1.45. The summed E-state index contributed by atoms with van der Waals surface area (Å²) in [5.41, 5.74) is 6.86. The number of hydrogen-bond acceptors (Lipinski definition) is 3. The summed E-state index contributed by atoms with van der Waals surface area (Å²) in [4.78, 5) is 12.0. The van der Waals surface area contributed by atoms with Gasteiger partial charge in [-0.25, -0.2) is 0 Å². The number of rotatable bonds is 4. The van der Waals surface area contributed by atoms with Gasteiger partial charge in [0.25, 0.3) is 5.91 Å². The Balaban J connectivity index is 2.79. The van der Waals surface area contributed by atoms with E-state index in [-0.39, 0.29) is 11.3 Å². The molecule has 18 heavy (non-hydrogen) atoms. The van der Waals surface area contributed by atoms with Crippen LogP contribution in [0.25, 0.3) is 0 Å². The second kappa shape index (κ2) is 5.76. The van der Waals surface area contributed by atoms with Gasteiger partial charge in [-0.3, -0.25) is 4.79 Å². The molecule has 3 N–H and O–H groups in total. The first-order valence-electron chi connectivity index (χ1n) is 6.13. The molecule has 0 saturated heterocycles. The summed E-state index contributed by atoms with van der Waals surface area (Å²) in [6, 6.07) is 5.07. The van der Waals surface area contributed by atoms with Crippen LogP contribution in [0.15, 0.2) is 18.2 Å². The Kier molecular flexibility index (Phi) is 4.59. The number of nitrogens with two attached hydrogens (primary N) is 1. The smallest absolute Gasteiger partial charge is 0.251 e. The number of carbonyl (C=O) groups is 1. The second-order valence-electron chi connectivity index (χ2n) is 5.47. The van der Waals surface area contributed by atoms with Crippen molar-refractivity contribution in [2.24, 2.45) is 5.41 Å². The van der Waals surface area contributed by atoms with Gasteiger partial charge in [0.15, 0.2) is 0 Å². The number of hydrogen-bond donors (Lipinski definition) is 2. The average Bonchev–Trinajstić information content (AvgIpc) is 2.24. The van der Waals surface area contributed by atoms with Crippen molar-refractivity contribution in [2.75, 3.05) is 18.9 Å². The minimum Gasteiger partial charge on any atom is -0.494 e. The standard InChI is InChI=1S/C14H22N2O2/c1-5-18-12-7-10(6-11(15)8-12)13(17)16-9-14(2,3)4/h6-8H,5,9,15H2,1-4H3,(H,16,17). The molecule has 0 unspecified atom stereocenters. The summed E-state index contributed by atoms with van der Waals surface area (Å²) < 4.78 is 5.36. The molecule has 1 aromatic carbocycles. The number of ether oxygens (including phenoxy) is 1. The lowest BCUT2D eigenvalue weighted by molar-refractivity contribution is 0.0939. The first kappa shape index (κ1) is 14.4. The lowest BCUT2D eigenvalue weighted by atomic mass is 9.97. The Morgan fingerprint density at radius 2 is 2.00 bits per heavy atom. The predicted octanol–water partition coefficient (Wildman–Crippen LogP) is 2.44. The molecule has 0 atom stereocenters. The van der Waals surface area contributed by atoms with Gasteiger partial charge in [0.1, 0.15) is 5.75 Å². The Morgan fingerprint density at radius 3 is 2.56 bits per heavy atom. The van der Waals surface area contributed by atoms with Crippen molar-refractivity contribution in [3.05, 3.63) is 23.8 Å². The van der Waals surface area contributed by atoms with E-state index in [1.54, 1.807) is 18.2 Å². The topological polar surface area (TPSA) is 64.3 Å². The zero-order valence-corrected chi connectivity index (χ0v) is 11.5. The second-order valence-corrected chi connectivity index (χ2v) is 5.47. The van der Waals surface area contributed by atoms with Crippen molar-refractivity contribution >= 4 is 11.6 Å². The maximum absolute atomic E-state index is 12.0. The van der Waals surface area contributed by atoms with Crippen LogP contribution in [0, 0.1) is 5.41 Å². The van der Waals surface area contributed by atoms with Gasteiger partial charge in [-0.15, -0.1) is 0 Å². The number of benzene rings is 1. The molecule has 0 radical (unpaired) electrons. The van der Waals surface area contributed by atoms with Crippen LogP contribution in [0.2, 0.25) is 0 Å². The molecule has 0 fully saturated rings. The molecule has 0 heterocycles. The number of anilines is 1. The number of nitrogens with one attached hydrogen (secondary N) is 1. The van der Waals surface area contributed by atoms with Crippen molar-refractivity contribution in [1.29, 1.82) is 0 Å². The Labute approximate surface area is 109 Å². The average molecular weight is 250 g/mol. The van der Waals surface area contributed by atoms with Crippen LogP contribution in [0.3, 0.4) is 0 Å². The molecule has 1 rings (SSSR count). The van der Waals surface area contributed by atoms with Crippen molar-refractivity contribution < 1.29 is 9.53 Å². The van der Waals surface area contributed by atoms with Gasteiger partial charge >= 0.3 is 0 Å². The van der Waals surface area contributed by atoms with Crippen LogP contribution in [0.1, 0.15) is 38.1 Å². The van der Waals surface area contributed by atoms with E-state index in [1.165, 1.54) is 0 Å². The van der Waals surface area contributed by atoms with E-state index >= 15 is 0 Å². The summed E-state index contributed by atoms with van der Waals surface area (Å²) in [6.45, 7) is 9.26. The molecule has 4 nitrogen and oxygen atoms in total. The van der Waals surface area contributed by atoms with Crippen LogP contribution in [-0.2, 0) is 0 Å². The van der Waals surface area contributed by atoms with Crippen molar-refractivity contribution in [3.8, 4) is 5.75 Å². The lowest BCUT2D eigenvalue weighted by Crippen LogP contribution is -2.32. The van der Waals surface area contributed by atoms with Gasteiger partial charge in [-0.1, -0.05) is 20.8 Å². The highest BCUT2D eigenvalue weighted by Gasteiger charge is 2.14. The highest BCUT2D eigenvalue weighted by Crippen LogP contribution is 2.19. The van der Waals surface area contributed by atoms with Crippen LogP contribution in [0.4, 0.5) is 5.69 Å².